The normalized spacial score (nSPS) is 21.2. The van der Waals surface area contributed by atoms with E-state index >= 15 is 0 Å². The first-order chi connectivity index (χ1) is 10.2. The SMILES string of the molecule is CO[C@H]1CC[C@H](NC(=O)NCCCc2cccc(F)c2)C1. The first kappa shape index (κ1) is 15.8. The molecular weight excluding hydrogens is 271 g/mol. The Hall–Kier alpha value is -1.62. The highest BCUT2D eigenvalue weighted by Crippen LogP contribution is 2.21. The highest BCUT2D eigenvalue weighted by Gasteiger charge is 2.25. The van der Waals surface area contributed by atoms with E-state index in [0.29, 0.717) is 6.54 Å². The van der Waals surface area contributed by atoms with Crippen LogP contribution in [0.15, 0.2) is 24.3 Å². The summed E-state index contributed by atoms with van der Waals surface area (Å²) in [6.45, 7) is 0.586. The van der Waals surface area contributed by atoms with E-state index in [1.165, 1.54) is 12.1 Å². The summed E-state index contributed by atoms with van der Waals surface area (Å²) in [6.07, 6.45) is 4.67. The number of ether oxygens (including phenoxy) is 1. The molecule has 1 aliphatic rings. The number of amides is 2. The van der Waals surface area contributed by atoms with Gasteiger partial charge in [0.1, 0.15) is 5.82 Å². The van der Waals surface area contributed by atoms with Crippen LogP contribution >= 0.6 is 0 Å². The summed E-state index contributed by atoms with van der Waals surface area (Å²) in [7, 11) is 1.71. The van der Waals surface area contributed by atoms with Crippen molar-refractivity contribution in [3.05, 3.63) is 35.6 Å². The number of hydrogen-bond acceptors (Lipinski definition) is 2. The Morgan fingerprint density at radius 2 is 2.29 bits per heavy atom. The van der Waals surface area contributed by atoms with Crippen molar-refractivity contribution >= 4 is 6.03 Å². The van der Waals surface area contributed by atoms with Gasteiger partial charge in [-0.1, -0.05) is 12.1 Å². The summed E-state index contributed by atoms with van der Waals surface area (Å²) in [5.41, 5.74) is 0.955. The van der Waals surface area contributed by atoms with Gasteiger partial charge in [-0.15, -0.1) is 0 Å². The van der Waals surface area contributed by atoms with Crippen molar-refractivity contribution in [3.63, 3.8) is 0 Å². The Balaban J connectivity index is 1.59. The topological polar surface area (TPSA) is 50.4 Å². The minimum atomic E-state index is -0.216. The van der Waals surface area contributed by atoms with Crippen molar-refractivity contribution in [3.8, 4) is 0 Å². The summed E-state index contributed by atoms with van der Waals surface area (Å²) < 4.78 is 18.3. The molecule has 0 aromatic heterocycles. The second-order valence-electron chi connectivity index (χ2n) is 5.50. The van der Waals surface area contributed by atoms with Gasteiger partial charge in [-0.2, -0.15) is 0 Å². The van der Waals surface area contributed by atoms with Gasteiger partial charge in [-0.3, -0.25) is 0 Å². The molecule has 5 heteroatoms. The molecule has 1 aromatic carbocycles. The first-order valence-corrected chi connectivity index (χ1v) is 7.49. The molecule has 0 heterocycles. The average Bonchev–Trinajstić information content (AvgIpc) is 2.91. The van der Waals surface area contributed by atoms with E-state index in [1.807, 2.05) is 6.07 Å². The first-order valence-electron chi connectivity index (χ1n) is 7.49. The van der Waals surface area contributed by atoms with Gasteiger partial charge in [0.05, 0.1) is 6.10 Å². The van der Waals surface area contributed by atoms with Crippen LogP contribution in [0, 0.1) is 5.82 Å². The minimum Gasteiger partial charge on any atom is -0.381 e. The molecule has 0 bridgehead atoms. The zero-order chi connectivity index (χ0) is 15.1. The molecule has 0 aliphatic heterocycles. The van der Waals surface area contributed by atoms with Crippen molar-refractivity contribution in [2.75, 3.05) is 13.7 Å². The van der Waals surface area contributed by atoms with Crippen molar-refractivity contribution in [2.24, 2.45) is 0 Å². The van der Waals surface area contributed by atoms with Crippen molar-refractivity contribution in [2.45, 2.75) is 44.2 Å². The van der Waals surface area contributed by atoms with Crippen LogP contribution in [0.2, 0.25) is 0 Å². The molecule has 2 atom stereocenters. The van der Waals surface area contributed by atoms with E-state index in [2.05, 4.69) is 10.6 Å². The Bertz CT molecular complexity index is 467. The van der Waals surface area contributed by atoms with Gasteiger partial charge >= 0.3 is 6.03 Å². The van der Waals surface area contributed by atoms with E-state index < -0.39 is 0 Å². The molecule has 116 valence electrons. The molecule has 2 N–H and O–H groups in total. The van der Waals surface area contributed by atoms with Gasteiger partial charge in [-0.05, 0) is 49.8 Å². The number of halogens is 1. The molecule has 21 heavy (non-hydrogen) atoms. The largest absolute Gasteiger partial charge is 0.381 e. The third-order valence-corrected chi connectivity index (χ3v) is 3.87. The maximum atomic E-state index is 13.0. The summed E-state index contributed by atoms with van der Waals surface area (Å²) >= 11 is 0. The summed E-state index contributed by atoms with van der Waals surface area (Å²) in [5, 5.41) is 5.80. The van der Waals surface area contributed by atoms with Crippen LogP contribution in [0.25, 0.3) is 0 Å². The van der Waals surface area contributed by atoms with E-state index in [9.17, 15) is 9.18 Å². The maximum absolute atomic E-state index is 13.0. The number of hydrogen-bond donors (Lipinski definition) is 2. The number of aryl methyl sites for hydroxylation is 1. The highest BCUT2D eigenvalue weighted by atomic mass is 19.1. The fourth-order valence-electron chi connectivity index (χ4n) is 2.71. The van der Waals surface area contributed by atoms with Crippen molar-refractivity contribution in [1.29, 1.82) is 0 Å². The molecule has 1 saturated carbocycles. The molecule has 0 unspecified atom stereocenters. The number of carbonyl (C=O) groups excluding carboxylic acids is 1. The number of rotatable bonds is 6. The molecule has 2 rings (SSSR count). The smallest absolute Gasteiger partial charge is 0.315 e. The third-order valence-electron chi connectivity index (χ3n) is 3.87. The van der Waals surface area contributed by atoms with Gasteiger partial charge in [0, 0.05) is 19.7 Å². The molecule has 0 spiro atoms. The molecule has 1 aliphatic carbocycles. The quantitative estimate of drug-likeness (QED) is 0.792. The van der Waals surface area contributed by atoms with Gasteiger partial charge in [-0.25, -0.2) is 9.18 Å². The van der Waals surface area contributed by atoms with Crippen LogP contribution in [-0.2, 0) is 11.2 Å². The molecule has 1 fully saturated rings. The zero-order valence-electron chi connectivity index (χ0n) is 12.4. The minimum absolute atomic E-state index is 0.129. The zero-order valence-corrected chi connectivity index (χ0v) is 12.4. The molecular formula is C16H23FN2O2. The summed E-state index contributed by atoms with van der Waals surface area (Å²) in [6, 6.07) is 6.64. The maximum Gasteiger partial charge on any atom is 0.315 e. The van der Waals surface area contributed by atoms with E-state index in [-0.39, 0.29) is 24.0 Å². The van der Waals surface area contributed by atoms with E-state index in [1.54, 1.807) is 13.2 Å². The highest BCUT2D eigenvalue weighted by molar-refractivity contribution is 5.74. The second-order valence-corrected chi connectivity index (χ2v) is 5.50. The van der Waals surface area contributed by atoms with Crippen molar-refractivity contribution in [1.82, 2.24) is 10.6 Å². The molecule has 1 aromatic rings. The Kier molecular flexibility index (Phi) is 5.99. The van der Waals surface area contributed by atoms with E-state index in [0.717, 1.165) is 37.7 Å². The number of benzene rings is 1. The lowest BCUT2D eigenvalue weighted by Crippen LogP contribution is -2.41. The number of carbonyl (C=O) groups is 1. The Morgan fingerprint density at radius 1 is 1.43 bits per heavy atom. The molecule has 0 radical (unpaired) electrons. The number of urea groups is 1. The fourth-order valence-corrected chi connectivity index (χ4v) is 2.71. The fraction of sp³-hybridized carbons (Fsp3) is 0.562. The second kappa shape index (κ2) is 7.98. The predicted octanol–water partition coefficient (Wildman–Crippen LogP) is 2.63. The van der Waals surface area contributed by atoms with Gasteiger partial charge in [0.2, 0.25) is 0 Å². The summed E-state index contributed by atoms with van der Waals surface area (Å²) in [5.74, 6) is -0.216. The van der Waals surface area contributed by atoms with Crippen LogP contribution in [0.1, 0.15) is 31.2 Å². The van der Waals surface area contributed by atoms with Crippen molar-refractivity contribution < 1.29 is 13.9 Å². The van der Waals surface area contributed by atoms with E-state index in [4.69, 9.17) is 4.74 Å². The predicted molar refractivity (Wildman–Crippen MR) is 79.7 cm³/mol. The van der Waals surface area contributed by atoms with Crippen LogP contribution < -0.4 is 10.6 Å². The molecule has 0 saturated heterocycles. The monoisotopic (exact) mass is 294 g/mol. The number of methoxy groups -OCH3 is 1. The van der Waals surface area contributed by atoms with Crippen LogP contribution in [0.3, 0.4) is 0 Å². The van der Waals surface area contributed by atoms with Crippen LogP contribution in [0.5, 0.6) is 0 Å². The van der Waals surface area contributed by atoms with Gasteiger partial charge in [0.25, 0.3) is 0 Å². The third kappa shape index (κ3) is 5.34. The van der Waals surface area contributed by atoms with Gasteiger partial charge < -0.3 is 15.4 Å². The van der Waals surface area contributed by atoms with Gasteiger partial charge in [0.15, 0.2) is 0 Å². The van der Waals surface area contributed by atoms with Crippen LogP contribution in [-0.4, -0.2) is 31.8 Å². The lowest BCUT2D eigenvalue weighted by molar-refractivity contribution is 0.107. The molecule has 4 nitrogen and oxygen atoms in total. The lowest BCUT2D eigenvalue weighted by atomic mass is 10.1. The average molecular weight is 294 g/mol. The standard InChI is InChI=1S/C16H23FN2O2/c1-21-15-8-7-14(11-15)19-16(20)18-9-3-5-12-4-2-6-13(17)10-12/h2,4,6,10,14-15H,3,5,7-9,11H2,1H3,(H2,18,19,20)/t14-,15-/m0/s1. The number of nitrogens with one attached hydrogen (secondary N) is 2. The Labute approximate surface area is 125 Å². The lowest BCUT2D eigenvalue weighted by Gasteiger charge is -2.13. The Morgan fingerprint density at radius 3 is 3.00 bits per heavy atom. The molecule has 2 amide bonds. The summed E-state index contributed by atoms with van der Waals surface area (Å²) in [4.78, 5) is 11.7. The van der Waals surface area contributed by atoms with Crippen LogP contribution in [0.4, 0.5) is 9.18 Å².